The first-order chi connectivity index (χ1) is 10.9. The van der Waals surface area contributed by atoms with E-state index in [9.17, 15) is 17.6 Å². The molecule has 5 nitrogen and oxygen atoms in total. The molecule has 7 heteroatoms. The highest BCUT2D eigenvalue weighted by molar-refractivity contribution is 7.88. The Bertz CT molecular complexity index is 642. The van der Waals surface area contributed by atoms with E-state index >= 15 is 0 Å². The number of carbonyl (C=O) groups is 1. The van der Waals surface area contributed by atoms with E-state index in [1.165, 1.54) is 22.7 Å². The molecule has 0 atom stereocenters. The van der Waals surface area contributed by atoms with Gasteiger partial charge < -0.3 is 5.32 Å². The van der Waals surface area contributed by atoms with Gasteiger partial charge in [-0.05, 0) is 25.0 Å². The van der Waals surface area contributed by atoms with Crippen molar-refractivity contribution < 1.29 is 17.6 Å². The summed E-state index contributed by atoms with van der Waals surface area (Å²) < 4.78 is 38.9. The van der Waals surface area contributed by atoms with Gasteiger partial charge >= 0.3 is 0 Å². The van der Waals surface area contributed by atoms with Crippen molar-refractivity contribution in [2.75, 3.05) is 18.1 Å². The minimum atomic E-state index is -3.36. The molecule has 0 aromatic heterocycles. The van der Waals surface area contributed by atoms with Crippen LogP contribution < -0.4 is 5.32 Å². The molecule has 128 valence electrons. The molecule has 0 heterocycles. The van der Waals surface area contributed by atoms with Crippen LogP contribution in [0, 0.1) is 5.82 Å². The number of sulfonamides is 1. The molecular weight excluding hydrogens is 319 g/mol. The first kappa shape index (κ1) is 17.9. The lowest BCUT2D eigenvalue weighted by molar-refractivity contribution is -0.116. The maximum atomic E-state index is 13.5. The summed E-state index contributed by atoms with van der Waals surface area (Å²) in [6, 6.07) is 5.88. The highest BCUT2D eigenvalue weighted by atomic mass is 32.2. The van der Waals surface area contributed by atoms with Gasteiger partial charge in [-0.25, -0.2) is 12.8 Å². The molecule has 1 aromatic carbocycles. The van der Waals surface area contributed by atoms with E-state index in [0.717, 1.165) is 32.1 Å². The van der Waals surface area contributed by atoms with Gasteiger partial charge in [0.1, 0.15) is 5.82 Å². The van der Waals surface area contributed by atoms with Crippen LogP contribution in [0.1, 0.15) is 38.5 Å². The molecule has 1 fully saturated rings. The smallest absolute Gasteiger partial charge is 0.225 e. The standard InChI is InChI=1S/C16H23FN2O3S/c1-23(21,22)19(13-7-3-2-4-8-13)12-11-16(20)18-15-10-6-5-9-14(15)17/h5-6,9-10,13H,2-4,7-8,11-12H2,1H3,(H,18,20). The summed E-state index contributed by atoms with van der Waals surface area (Å²) >= 11 is 0. The van der Waals surface area contributed by atoms with Crippen molar-refractivity contribution >= 4 is 21.6 Å². The average molecular weight is 342 g/mol. The molecule has 23 heavy (non-hydrogen) atoms. The predicted octanol–water partition coefficient (Wildman–Crippen LogP) is 2.75. The number of hydrogen-bond donors (Lipinski definition) is 1. The van der Waals surface area contributed by atoms with Crippen molar-refractivity contribution in [2.45, 2.75) is 44.6 Å². The first-order valence-electron chi connectivity index (χ1n) is 7.89. The first-order valence-corrected chi connectivity index (χ1v) is 9.74. The van der Waals surface area contributed by atoms with E-state index < -0.39 is 15.8 Å². The van der Waals surface area contributed by atoms with Gasteiger partial charge in [0, 0.05) is 19.0 Å². The number of hydrogen-bond acceptors (Lipinski definition) is 3. The van der Waals surface area contributed by atoms with E-state index in [4.69, 9.17) is 0 Å². The van der Waals surface area contributed by atoms with Gasteiger partial charge in [0.15, 0.2) is 0 Å². The minimum Gasteiger partial charge on any atom is -0.324 e. The van der Waals surface area contributed by atoms with Gasteiger partial charge in [0.25, 0.3) is 0 Å². The Morgan fingerprint density at radius 1 is 1.26 bits per heavy atom. The van der Waals surface area contributed by atoms with Gasteiger partial charge in [-0.15, -0.1) is 0 Å². The second-order valence-electron chi connectivity index (χ2n) is 5.94. The normalized spacial score (nSPS) is 16.5. The molecule has 1 aliphatic rings. The van der Waals surface area contributed by atoms with Crippen LogP contribution >= 0.6 is 0 Å². The average Bonchev–Trinajstić information content (AvgIpc) is 2.49. The predicted molar refractivity (Wildman–Crippen MR) is 88.1 cm³/mol. The van der Waals surface area contributed by atoms with Crippen molar-refractivity contribution in [3.63, 3.8) is 0 Å². The maximum absolute atomic E-state index is 13.5. The topological polar surface area (TPSA) is 66.5 Å². The second-order valence-corrected chi connectivity index (χ2v) is 7.88. The molecule has 0 radical (unpaired) electrons. The molecule has 1 saturated carbocycles. The fourth-order valence-corrected chi connectivity index (χ4v) is 4.15. The van der Waals surface area contributed by atoms with Crippen LogP contribution in [-0.2, 0) is 14.8 Å². The molecule has 0 saturated heterocycles. The van der Waals surface area contributed by atoms with E-state index in [1.807, 2.05) is 0 Å². The van der Waals surface area contributed by atoms with Crippen molar-refractivity contribution in [1.29, 1.82) is 0 Å². The summed E-state index contributed by atoms with van der Waals surface area (Å²) in [5.74, 6) is -0.896. The third kappa shape index (κ3) is 5.28. The number of benzene rings is 1. The van der Waals surface area contributed by atoms with Crippen LogP contribution in [0.5, 0.6) is 0 Å². The van der Waals surface area contributed by atoms with Gasteiger partial charge in [-0.2, -0.15) is 4.31 Å². The Morgan fingerprint density at radius 3 is 2.52 bits per heavy atom. The Morgan fingerprint density at radius 2 is 1.91 bits per heavy atom. The highest BCUT2D eigenvalue weighted by Gasteiger charge is 2.28. The second kappa shape index (κ2) is 7.88. The van der Waals surface area contributed by atoms with Gasteiger partial charge in [-0.3, -0.25) is 4.79 Å². The molecule has 0 bridgehead atoms. The number of anilines is 1. The zero-order valence-corrected chi connectivity index (χ0v) is 14.1. The van der Waals surface area contributed by atoms with E-state index in [1.54, 1.807) is 12.1 Å². The van der Waals surface area contributed by atoms with Crippen LogP contribution in [0.15, 0.2) is 24.3 Å². The van der Waals surface area contributed by atoms with E-state index in [-0.39, 0.29) is 30.6 Å². The number of para-hydroxylation sites is 1. The lowest BCUT2D eigenvalue weighted by Gasteiger charge is -2.32. The maximum Gasteiger partial charge on any atom is 0.225 e. The summed E-state index contributed by atoms with van der Waals surface area (Å²) in [4.78, 5) is 12.0. The molecule has 2 rings (SSSR count). The quantitative estimate of drug-likeness (QED) is 0.864. The molecule has 1 N–H and O–H groups in total. The third-order valence-corrected chi connectivity index (χ3v) is 5.45. The summed E-state index contributed by atoms with van der Waals surface area (Å²) in [6.07, 6.45) is 6.01. The lowest BCUT2D eigenvalue weighted by Crippen LogP contribution is -2.42. The van der Waals surface area contributed by atoms with Crippen molar-refractivity contribution in [3.8, 4) is 0 Å². The molecule has 1 aromatic rings. The van der Waals surface area contributed by atoms with Crippen LogP contribution in [0.3, 0.4) is 0 Å². The Hall–Kier alpha value is -1.47. The van der Waals surface area contributed by atoms with E-state index in [0.29, 0.717) is 0 Å². The molecular formula is C16H23FN2O3S. The SMILES string of the molecule is CS(=O)(=O)N(CCC(=O)Nc1ccccc1F)C1CCCCC1. The zero-order valence-electron chi connectivity index (χ0n) is 13.3. The number of halogens is 1. The van der Waals surface area contributed by atoms with E-state index in [2.05, 4.69) is 5.32 Å². The summed E-state index contributed by atoms with van der Waals surface area (Å²) in [7, 11) is -3.36. The van der Waals surface area contributed by atoms with Crippen LogP contribution in [0.2, 0.25) is 0 Å². The molecule has 1 aliphatic carbocycles. The van der Waals surface area contributed by atoms with Crippen molar-refractivity contribution in [3.05, 3.63) is 30.1 Å². The number of nitrogens with zero attached hydrogens (tertiary/aromatic N) is 1. The molecule has 0 spiro atoms. The van der Waals surface area contributed by atoms with Crippen LogP contribution in [0.25, 0.3) is 0 Å². The fraction of sp³-hybridized carbons (Fsp3) is 0.562. The van der Waals surface area contributed by atoms with Gasteiger partial charge in [0.2, 0.25) is 15.9 Å². The Balaban J connectivity index is 1.95. The number of nitrogens with one attached hydrogen (secondary N) is 1. The Labute approximate surface area is 136 Å². The lowest BCUT2D eigenvalue weighted by atomic mass is 9.95. The number of rotatable bonds is 6. The summed E-state index contributed by atoms with van der Waals surface area (Å²) in [5, 5.41) is 2.48. The molecule has 0 unspecified atom stereocenters. The van der Waals surface area contributed by atoms with Crippen molar-refractivity contribution in [1.82, 2.24) is 4.31 Å². The van der Waals surface area contributed by atoms with Gasteiger partial charge in [-0.1, -0.05) is 31.4 Å². The van der Waals surface area contributed by atoms with Crippen LogP contribution in [-0.4, -0.2) is 37.5 Å². The largest absolute Gasteiger partial charge is 0.324 e. The zero-order chi connectivity index (χ0) is 16.9. The van der Waals surface area contributed by atoms with Gasteiger partial charge in [0.05, 0.1) is 11.9 Å². The number of amides is 1. The monoisotopic (exact) mass is 342 g/mol. The van der Waals surface area contributed by atoms with Crippen LogP contribution in [0.4, 0.5) is 10.1 Å². The van der Waals surface area contributed by atoms with Crippen molar-refractivity contribution in [2.24, 2.45) is 0 Å². The summed E-state index contributed by atoms with van der Waals surface area (Å²) in [6.45, 7) is 0.129. The Kier molecular flexibility index (Phi) is 6.12. The third-order valence-electron chi connectivity index (χ3n) is 4.12. The molecule has 0 aliphatic heterocycles. The fourth-order valence-electron chi connectivity index (χ4n) is 2.98. The highest BCUT2D eigenvalue weighted by Crippen LogP contribution is 2.24. The summed E-state index contributed by atoms with van der Waals surface area (Å²) in [5.41, 5.74) is 0.112. The number of carbonyl (C=O) groups excluding carboxylic acids is 1. The minimum absolute atomic E-state index is 0.0118. The molecule has 1 amide bonds.